The summed E-state index contributed by atoms with van der Waals surface area (Å²) in [6.07, 6.45) is 4.33. The minimum Gasteiger partial charge on any atom is -0.479 e. The Morgan fingerprint density at radius 2 is 1.78 bits per heavy atom. The zero-order chi connectivity index (χ0) is 25.5. The number of carbonyl (C=O) groups is 2. The fraction of sp³-hybridized carbons (Fsp3) is 0.241. The molecule has 1 atom stereocenters. The van der Waals surface area contributed by atoms with Crippen LogP contribution in [0, 0.1) is 6.92 Å². The summed E-state index contributed by atoms with van der Waals surface area (Å²) in [4.78, 5) is 33.3. The van der Waals surface area contributed by atoms with Gasteiger partial charge in [-0.25, -0.2) is 9.78 Å². The van der Waals surface area contributed by atoms with Crippen molar-refractivity contribution in [1.29, 1.82) is 0 Å². The molecule has 36 heavy (non-hydrogen) atoms. The first kappa shape index (κ1) is 25.0. The monoisotopic (exact) mass is 483 g/mol. The van der Waals surface area contributed by atoms with Gasteiger partial charge in [-0.15, -0.1) is 0 Å². The summed E-state index contributed by atoms with van der Waals surface area (Å²) in [6.45, 7) is 4.36. The van der Waals surface area contributed by atoms with Gasteiger partial charge in [-0.2, -0.15) is 0 Å². The molecular weight excluding hydrogens is 454 g/mol. The number of aliphatic carboxylic acids is 1. The Morgan fingerprint density at radius 3 is 2.50 bits per heavy atom. The number of hydrogen-bond acceptors (Lipinski definition) is 5. The first-order valence-electron chi connectivity index (χ1n) is 11.9. The molecular formula is C29H29N3O4. The van der Waals surface area contributed by atoms with Crippen molar-refractivity contribution < 1.29 is 19.4 Å². The van der Waals surface area contributed by atoms with E-state index in [-0.39, 0.29) is 12.4 Å². The lowest BCUT2D eigenvalue weighted by molar-refractivity contribution is -0.149. The van der Waals surface area contributed by atoms with Crippen LogP contribution in [0.25, 0.3) is 11.4 Å². The van der Waals surface area contributed by atoms with Gasteiger partial charge in [0.05, 0.1) is 12.3 Å². The van der Waals surface area contributed by atoms with Gasteiger partial charge in [0, 0.05) is 24.5 Å². The second-order valence-corrected chi connectivity index (χ2v) is 8.77. The van der Waals surface area contributed by atoms with Gasteiger partial charge >= 0.3 is 5.97 Å². The minimum absolute atomic E-state index is 0.121. The molecule has 0 spiro atoms. The number of carboxylic acids is 1. The van der Waals surface area contributed by atoms with Gasteiger partial charge in [-0.05, 0) is 49.9 Å². The number of carbonyl (C=O) groups excluding carboxylic acids is 1. The summed E-state index contributed by atoms with van der Waals surface area (Å²) in [5, 5.41) is 9.00. The number of ether oxygens (including phenoxy) is 1. The predicted octanol–water partition coefficient (Wildman–Crippen LogP) is 5.11. The van der Waals surface area contributed by atoms with Gasteiger partial charge in [0.1, 0.15) is 5.69 Å². The molecule has 0 aliphatic heterocycles. The molecule has 2 aromatic carbocycles. The molecule has 4 rings (SSSR count). The molecule has 2 heterocycles. The Morgan fingerprint density at radius 1 is 1.00 bits per heavy atom. The topological polar surface area (TPSA) is 94.3 Å². The number of rotatable bonds is 11. The second-order valence-electron chi connectivity index (χ2n) is 8.77. The van der Waals surface area contributed by atoms with Crippen LogP contribution in [0.4, 0.5) is 0 Å². The van der Waals surface area contributed by atoms with Crippen LogP contribution in [0.15, 0.2) is 79.1 Å². The Labute approximate surface area is 210 Å². The number of imidazole rings is 1. The molecule has 7 heteroatoms. The first-order valence-corrected chi connectivity index (χ1v) is 11.9. The number of benzene rings is 2. The van der Waals surface area contributed by atoms with Crippen LogP contribution < -0.4 is 0 Å². The van der Waals surface area contributed by atoms with Crippen LogP contribution in [-0.4, -0.2) is 37.5 Å². The number of ketones is 1. The number of nitrogens with zero attached hydrogens (tertiary/aromatic N) is 3. The highest BCUT2D eigenvalue weighted by Gasteiger charge is 2.19. The van der Waals surface area contributed by atoms with Crippen molar-refractivity contribution >= 4 is 11.8 Å². The lowest BCUT2D eigenvalue weighted by atomic mass is 10.1. The molecule has 0 amide bonds. The van der Waals surface area contributed by atoms with Crippen molar-refractivity contribution in [3.8, 4) is 11.4 Å². The summed E-state index contributed by atoms with van der Waals surface area (Å²) in [7, 11) is 0. The second kappa shape index (κ2) is 11.6. The van der Waals surface area contributed by atoms with E-state index in [1.165, 1.54) is 6.92 Å². The molecule has 1 N–H and O–H groups in total. The lowest BCUT2D eigenvalue weighted by Crippen LogP contribution is -2.19. The molecule has 0 aliphatic rings. The normalized spacial score (nSPS) is 11.8. The molecule has 2 aromatic heterocycles. The minimum atomic E-state index is -0.979. The summed E-state index contributed by atoms with van der Waals surface area (Å²) >= 11 is 0. The third kappa shape index (κ3) is 6.31. The Kier molecular flexibility index (Phi) is 8.02. The maximum Gasteiger partial charge on any atom is 0.332 e. The van der Waals surface area contributed by atoms with Crippen molar-refractivity contribution in [3.05, 3.63) is 107 Å². The van der Waals surface area contributed by atoms with E-state index in [9.17, 15) is 9.59 Å². The standard InChI is InChI=1S/C29H29N3O4/c1-20-11-13-24(14-12-20)27(33)28-31-26(25-10-3-4-15-30-25)18-32(28)16-6-9-22-7-5-8-23(17-22)19-36-21(2)29(34)35/h3-5,7-8,10-15,17-18,21H,6,9,16,19H2,1-2H3,(H,34,35)/t21-/m0/s1. The van der Waals surface area contributed by atoms with Gasteiger partial charge < -0.3 is 14.4 Å². The van der Waals surface area contributed by atoms with Gasteiger partial charge in [0.15, 0.2) is 11.9 Å². The summed E-state index contributed by atoms with van der Waals surface area (Å²) in [5.74, 6) is -0.708. The number of pyridine rings is 1. The number of aryl methyl sites for hydroxylation is 3. The third-order valence-corrected chi connectivity index (χ3v) is 5.92. The highest BCUT2D eigenvalue weighted by atomic mass is 16.5. The Balaban J connectivity index is 1.49. The molecule has 4 aromatic rings. The van der Waals surface area contributed by atoms with E-state index < -0.39 is 12.1 Å². The first-order chi connectivity index (χ1) is 17.4. The van der Waals surface area contributed by atoms with Crippen molar-refractivity contribution in [2.24, 2.45) is 0 Å². The Hall–Kier alpha value is -4.10. The van der Waals surface area contributed by atoms with E-state index in [4.69, 9.17) is 9.84 Å². The van der Waals surface area contributed by atoms with Crippen LogP contribution in [0.2, 0.25) is 0 Å². The zero-order valence-corrected chi connectivity index (χ0v) is 20.4. The van der Waals surface area contributed by atoms with Crippen LogP contribution in [-0.2, 0) is 29.1 Å². The fourth-order valence-corrected chi connectivity index (χ4v) is 3.86. The van der Waals surface area contributed by atoms with Crippen LogP contribution >= 0.6 is 0 Å². The van der Waals surface area contributed by atoms with Crippen molar-refractivity contribution in [2.45, 2.75) is 45.9 Å². The lowest BCUT2D eigenvalue weighted by Gasteiger charge is -2.10. The van der Waals surface area contributed by atoms with Gasteiger partial charge in [0.25, 0.3) is 0 Å². The van der Waals surface area contributed by atoms with Crippen molar-refractivity contribution in [2.75, 3.05) is 0 Å². The zero-order valence-electron chi connectivity index (χ0n) is 20.4. The SMILES string of the molecule is Cc1ccc(C(=O)c2nc(-c3ccccn3)cn2CCCc2cccc(CO[C@@H](C)C(=O)O)c2)cc1. The molecule has 0 aliphatic carbocycles. The maximum absolute atomic E-state index is 13.3. The van der Waals surface area contributed by atoms with E-state index in [1.54, 1.807) is 6.20 Å². The summed E-state index contributed by atoms with van der Waals surface area (Å²) < 4.78 is 7.31. The quantitative estimate of drug-likeness (QED) is 0.298. The molecule has 0 saturated heterocycles. The molecule has 184 valence electrons. The molecule has 0 saturated carbocycles. The average Bonchev–Trinajstić information content (AvgIpc) is 3.32. The summed E-state index contributed by atoms with van der Waals surface area (Å²) in [5.41, 5.74) is 5.12. The molecule has 7 nitrogen and oxygen atoms in total. The third-order valence-electron chi connectivity index (χ3n) is 5.92. The maximum atomic E-state index is 13.3. The number of hydrogen-bond donors (Lipinski definition) is 1. The number of aromatic nitrogens is 3. The van der Waals surface area contributed by atoms with E-state index >= 15 is 0 Å². The van der Waals surface area contributed by atoms with Gasteiger partial charge in [-0.3, -0.25) is 9.78 Å². The van der Waals surface area contributed by atoms with Gasteiger partial charge in [0.2, 0.25) is 5.78 Å². The van der Waals surface area contributed by atoms with E-state index in [0.717, 1.165) is 35.2 Å². The van der Waals surface area contributed by atoms with Gasteiger partial charge in [-0.1, -0.05) is 60.2 Å². The predicted molar refractivity (Wildman–Crippen MR) is 137 cm³/mol. The highest BCUT2D eigenvalue weighted by Crippen LogP contribution is 2.20. The fourth-order valence-electron chi connectivity index (χ4n) is 3.86. The van der Waals surface area contributed by atoms with Crippen LogP contribution in [0.5, 0.6) is 0 Å². The van der Waals surface area contributed by atoms with E-state index in [0.29, 0.717) is 23.6 Å². The highest BCUT2D eigenvalue weighted by molar-refractivity contribution is 6.07. The molecule has 0 unspecified atom stereocenters. The molecule has 0 bridgehead atoms. The van der Waals surface area contributed by atoms with E-state index in [1.807, 2.05) is 84.4 Å². The smallest absolute Gasteiger partial charge is 0.332 e. The Bertz CT molecular complexity index is 1330. The summed E-state index contributed by atoms with van der Waals surface area (Å²) in [6, 6.07) is 21.1. The average molecular weight is 484 g/mol. The largest absolute Gasteiger partial charge is 0.479 e. The molecule has 0 radical (unpaired) electrons. The van der Waals surface area contributed by atoms with Crippen molar-refractivity contribution in [3.63, 3.8) is 0 Å². The van der Waals surface area contributed by atoms with Crippen LogP contribution in [0.3, 0.4) is 0 Å². The van der Waals surface area contributed by atoms with Crippen LogP contribution in [0.1, 0.15) is 46.2 Å². The van der Waals surface area contributed by atoms with Crippen molar-refractivity contribution in [1.82, 2.24) is 14.5 Å². The molecule has 0 fully saturated rings. The number of carboxylic acid groups (broad SMARTS) is 1. The van der Waals surface area contributed by atoms with E-state index in [2.05, 4.69) is 9.97 Å².